The lowest BCUT2D eigenvalue weighted by Gasteiger charge is -2.13. The largest absolute Gasteiger partial charge is 0.457 e. The van der Waals surface area contributed by atoms with Crippen molar-refractivity contribution in [2.75, 3.05) is 6.54 Å². The highest BCUT2D eigenvalue weighted by atomic mass is 35.5. The monoisotopic (exact) mass is 340 g/mol. The van der Waals surface area contributed by atoms with Crippen molar-refractivity contribution in [3.05, 3.63) is 83.0 Å². The lowest BCUT2D eigenvalue weighted by molar-refractivity contribution is -0.117. The molecule has 1 aliphatic heterocycles. The zero-order chi connectivity index (χ0) is 16.8. The maximum Gasteiger partial charge on any atom is 0.254 e. The highest BCUT2D eigenvalue weighted by Crippen LogP contribution is 2.21. The highest BCUT2D eigenvalue weighted by Gasteiger charge is 2.13. The quantitative estimate of drug-likeness (QED) is 0.816. The number of ether oxygens (including phenoxy) is 1. The predicted octanol–water partition coefficient (Wildman–Crippen LogP) is 3.70. The van der Waals surface area contributed by atoms with Crippen molar-refractivity contribution in [3.8, 4) is 11.5 Å². The van der Waals surface area contributed by atoms with E-state index in [9.17, 15) is 4.79 Å². The van der Waals surface area contributed by atoms with Gasteiger partial charge >= 0.3 is 0 Å². The maximum atomic E-state index is 12.1. The number of hydrogen-bond acceptors (Lipinski definition) is 3. The summed E-state index contributed by atoms with van der Waals surface area (Å²) in [5, 5.41) is 6.15. The van der Waals surface area contributed by atoms with Crippen LogP contribution in [0.25, 0.3) is 0 Å². The molecule has 0 radical (unpaired) electrons. The van der Waals surface area contributed by atoms with E-state index in [1.54, 1.807) is 6.08 Å². The minimum atomic E-state index is -0.201. The molecule has 2 N–H and O–H groups in total. The lowest BCUT2D eigenvalue weighted by Crippen LogP contribution is -2.28. The molecule has 2 aromatic carbocycles. The van der Waals surface area contributed by atoms with Crippen molar-refractivity contribution in [1.29, 1.82) is 0 Å². The molecule has 5 heteroatoms. The summed E-state index contributed by atoms with van der Waals surface area (Å²) in [5.41, 5.74) is 1.43. The average molecular weight is 341 g/mol. The van der Waals surface area contributed by atoms with Crippen LogP contribution in [-0.4, -0.2) is 12.5 Å². The fourth-order valence-corrected chi connectivity index (χ4v) is 2.47. The van der Waals surface area contributed by atoms with Gasteiger partial charge < -0.3 is 15.4 Å². The van der Waals surface area contributed by atoms with Gasteiger partial charge in [-0.1, -0.05) is 48.0 Å². The van der Waals surface area contributed by atoms with Gasteiger partial charge in [-0.25, -0.2) is 0 Å². The van der Waals surface area contributed by atoms with E-state index in [0.717, 1.165) is 17.1 Å². The summed E-state index contributed by atoms with van der Waals surface area (Å²) >= 11 is 6.00. The van der Waals surface area contributed by atoms with Crippen LogP contribution >= 0.6 is 11.6 Å². The highest BCUT2D eigenvalue weighted by molar-refractivity contribution is 6.32. The van der Waals surface area contributed by atoms with Gasteiger partial charge in [0.1, 0.15) is 16.7 Å². The number of halogens is 1. The van der Waals surface area contributed by atoms with Crippen molar-refractivity contribution in [2.24, 2.45) is 0 Å². The normalized spacial score (nSPS) is 13.4. The third-order valence-electron chi connectivity index (χ3n) is 3.50. The number of hydrogen-bond donors (Lipinski definition) is 2. The van der Waals surface area contributed by atoms with Gasteiger partial charge in [-0.3, -0.25) is 4.79 Å². The standard InChI is InChI=1S/C19H17ClN2O2/c20-18-17(7-4-12-21-18)19(23)22-13-14-8-10-16(11-9-14)24-15-5-2-1-3-6-15/h1-11,21H,12-13H2,(H,22,23). The van der Waals surface area contributed by atoms with Crippen LogP contribution in [0.5, 0.6) is 11.5 Å². The molecule has 0 spiro atoms. The molecule has 24 heavy (non-hydrogen) atoms. The number of carbonyl (C=O) groups excluding carboxylic acids is 1. The van der Waals surface area contributed by atoms with Gasteiger partial charge in [0.05, 0.1) is 5.57 Å². The molecule has 0 saturated carbocycles. The maximum absolute atomic E-state index is 12.1. The minimum Gasteiger partial charge on any atom is -0.457 e. The van der Waals surface area contributed by atoms with Crippen molar-refractivity contribution in [2.45, 2.75) is 6.54 Å². The molecular formula is C19H17ClN2O2. The third kappa shape index (κ3) is 4.18. The van der Waals surface area contributed by atoms with E-state index in [1.807, 2.05) is 60.7 Å². The molecule has 0 fully saturated rings. The van der Waals surface area contributed by atoms with Crippen LogP contribution in [0, 0.1) is 0 Å². The molecule has 1 aliphatic rings. The van der Waals surface area contributed by atoms with Crippen LogP contribution in [-0.2, 0) is 11.3 Å². The van der Waals surface area contributed by atoms with Gasteiger partial charge in [0.25, 0.3) is 5.91 Å². The van der Waals surface area contributed by atoms with Crippen LogP contribution in [0.1, 0.15) is 5.56 Å². The van der Waals surface area contributed by atoms with E-state index >= 15 is 0 Å². The van der Waals surface area contributed by atoms with Crippen LogP contribution in [0.15, 0.2) is 77.5 Å². The third-order valence-corrected chi connectivity index (χ3v) is 3.83. The van der Waals surface area contributed by atoms with Crippen molar-refractivity contribution < 1.29 is 9.53 Å². The molecule has 0 bridgehead atoms. The second kappa shape index (κ2) is 7.70. The summed E-state index contributed by atoms with van der Waals surface area (Å²) in [5.74, 6) is 1.34. The summed E-state index contributed by atoms with van der Waals surface area (Å²) in [7, 11) is 0. The first kappa shape index (κ1) is 16.1. The second-order valence-electron chi connectivity index (χ2n) is 5.25. The van der Waals surface area contributed by atoms with E-state index in [4.69, 9.17) is 16.3 Å². The molecule has 3 rings (SSSR count). The number of amides is 1. The number of dihydropyridines is 1. The minimum absolute atomic E-state index is 0.201. The number of benzene rings is 2. The summed E-state index contributed by atoms with van der Waals surface area (Å²) in [6.07, 6.45) is 3.58. The number of rotatable bonds is 5. The Hall–Kier alpha value is -2.72. The van der Waals surface area contributed by atoms with Crippen molar-refractivity contribution in [1.82, 2.24) is 10.6 Å². The number of carbonyl (C=O) groups is 1. The fraction of sp³-hybridized carbons (Fsp3) is 0.105. The van der Waals surface area contributed by atoms with Crippen LogP contribution in [0.4, 0.5) is 0 Å². The molecule has 0 unspecified atom stereocenters. The van der Waals surface area contributed by atoms with Crippen LogP contribution < -0.4 is 15.4 Å². The molecule has 1 heterocycles. The Bertz CT molecular complexity index is 768. The summed E-state index contributed by atoms with van der Waals surface area (Å²) < 4.78 is 5.74. The molecule has 1 amide bonds. The average Bonchev–Trinajstić information content (AvgIpc) is 2.62. The van der Waals surface area contributed by atoms with Gasteiger partial charge in [-0.05, 0) is 35.9 Å². The van der Waals surface area contributed by atoms with Gasteiger partial charge in [0.15, 0.2) is 0 Å². The lowest BCUT2D eigenvalue weighted by atomic mass is 10.2. The Morgan fingerprint density at radius 1 is 1.08 bits per heavy atom. The SMILES string of the molecule is O=C(NCc1ccc(Oc2ccccc2)cc1)C1=C(Cl)NCC=C1. The molecule has 0 aliphatic carbocycles. The molecule has 0 aromatic heterocycles. The van der Waals surface area contributed by atoms with Crippen molar-refractivity contribution in [3.63, 3.8) is 0 Å². The Labute approximate surface area is 145 Å². The molecular weight excluding hydrogens is 324 g/mol. The smallest absolute Gasteiger partial charge is 0.254 e. The number of nitrogens with one attached hydrogen (secondary N) is 2. The zero-order valence-electron chi connectivity index (χ0n) is 13.0. The van der Waals surface area contributed by atoms with E-state index in [0.29, 0.717) is 23.8 Å². The molecule has 2 aromatic rings. The van der Waals surface area contributed by atoms with Gasteiger partial charge in [0, 0.05) is 13.1 Å². The first-order valence-electron chi connectivity index (χ1n) is 7.62. The summed E-state index contributed by atoms with van der Waals surface area (Å²) in [6, 6.07) is 17.2. The van der Waals surface area contributed by atoms with E-state index in [-0.39, 0.29) is 5.91 Å². The van der Waals surface area contributed by atoms with Crippen LogP contribution in [0.3, 0.4) is 0 Å². The van der Waals surface area contributed by atoms with E-state index in [1.165, 1.54) is 0 Å². The van der Waals surface area contributed by atoms with Gasteiger partial charge in [0.2, 0.25) is 0 Å². The van der Waals surface area contributed by atoms with Crippen LogP contribution in [0.2, 0.25) is 0 Å². The van der Waals surface area contributed by atoms with Gasteiger partial charge in [-0.2, -0.15) is 0 Å². The summed E-state index contributed by atoms with van der Waals surface area (Å²) in [6.45, 7) is 1.06. The Kier molecular flexibility index (Phi) is 5.18. The second-order valence-corrected chi connectivity index (χ2v) is 5.63. The summed E-state index contributed by atoms with van der Waals surface area (Å²) in [4.78, 5) is 12.1. The Morgan fingerprint density at radius 3 is 2.50 bits per heavy atom. The predicted molar refractivity (Wildman–Crippen MR) is 94.8 cm³/mol. The van der Waals surface area contributed by atoms with Gasteiger partial charge in [-0.15, -0.1) is 0 Å². The molecule has 122 valence electrons. The zero-order valence-corrected chi connectivity index (χ0v) is 13.7. The number of para-hydroxylation sites is 1. The topological polar surface area (TPSA) is 50.4 Å². The molecule has 0 atom stereocenters. The first-order chi connectivity index (χ1) is 11.7. The van der Waals surface area contributed by atoms with E-state index < -0.39 is 0 Å². The molecule has 0 saturated heterocycles. The molecule has 4 nitrogen and oxygen atoms in total. The van der Waals surface area contributed by atoms with E-state index in [2.05, 4.69) is 10.6 Å². The Morgan fingerprint density at radius 2 is 1.79 bits per heavy atom. The fourth-order valence-electron chi connectivity index (χ4n) is 2.25. The van der Waals surface area contributed by atoms with Crippen molar-refractivity contribution >= 4 is 17.5 Å². The first-order valence-corrected chi connectivity index (χ1v) is 8.00. The Balaban J connectivity index is 1.57.